The second-order valence-electron chi connectivity index (χ2n) is 4.61. The number of carbonyl (C=O) groups is 1. The van der Waals surface area contributed by atoms with Crippen molar-refractivity contribution in [2.75, 3.05) is 13.2 Å². The molecule has 104 valence electrons. The van der Waals surface area contributed by atoms with E-state index in [1.54, 1.807) is 0 Å². The highest BCUT2D eigenvalue weighted by molar-refractivity contribution is 5.80. The van der Waals surface area contributed by atoms with Gasteiger partial charge in [0.2, 0.25) is 5.91 Å². The molecule has 1 aliphatic carbocycles. The molecule has 1 saturated carbocycles. The Hall–Kier alpha value is -1.75. The van der Waals surface area contributed by atoms with Crippen LogP contribution in [0.4, 0.5) is 0 Å². The molecule has 0 spiro atoms. The van der Waals surface area contributed by atoms with Gasteiger partial charge in [0.25, 0.3) is 0 Å². The van der Waals surface area contributed by atoms with Crippen LogP contribution in [-0.4, -0.2) is 31.2 Å². The van der Waals surface area contributed by atoms with Gasteiger partial charge in [-0.25, -0.2) is 0 Å². The molecular formula is C14H20N2O3. The zero-order valence-electron chi connectivity index (χ0n) is 11.1. The molecule has 1 aromatic rings. The number of primary amides is 1. The van der Waals surface area contributed by atoms with Gasteiger partial charge in [-0.05, 0) is 44.0 Å². The number of nitrogens with two attached hydrogens (primary N) is 1. The van der Waals surface area contributed by atoms with Crippen molar-refractivity contribution in [3.8, 4) is 11.5 Å². The monoisotopic (exact) mass is 264 g/mol. The SMILES string of the molecule is CCOc1ccc(OCC(NC2CC2)C(N)=O)cc1. The van der Waals surface area contributed by atoms with Crippen LogP contribution in [0.25, 0.3) is 0 Å². The lowest BCUT2D eigenvalue weighted by Crippen LogP contribution is -2.46. The van der Waals surface area contributed by atoms with Crippen LogP contribution < -0.4 is 20.5 Å². The van der Waals surface area contributed by atoms with Gasteiger partial charge in [0, 0.05) is 6.04 Å². The molecule has 0 aliphatic heterocycles. The lowest BCUT2D eigenvalue weighted by atomic mass is 10.3. The van der Waals surface area contributed by atoms with Gasteiger partial charge >= 0.3 is 0 Å². The van der Waals surface area contributed by atoms with Crippen molar-refractivity contribution in [1.82, 2.24) is 5.32 Å². The first-order valence-electron chi connectivity index (χ1n) is 6.60. The predicted octanol–water partition coefficient (Wildman–Crippen LogP) is 1.07. The third kappa shape index (κ3) is 4.44. The summed E-state index contributed by atoms with van der Waals surface area (Å²) in [6.45, 7) is 2.82. The zero-order valence-corrected chi connectivity index (χ0v) is 11.1. The van der Waals surface area contributed by atoms with E-state index >= 15 is 0 Å². The first-order valence-corrected chi connectivity index (χ1v) is 6.60. The Morgan fingerprint density at radius 1 is 1.32 bits per heavy atom. The van der Waals surface area contributed by atoms with Crippen molar-refractivity contribution in [3.63, 3.8) is 0 Å². The summed E-state index contributed by atoms with van der Waals surface area (Å²) in [7, 11) is 0. The highest BCUT2D eigenvalue weighted by Gasteiger charge is 2.27. The van der Waals surface area contributed by atoms with Gasteiger partial charge < -0.3 is 20.5 Å². The van der Waals surface area contributed by atoms with Crippen LogP contribution in [0.15, 0.2) is 24.3 Å². The molecular weight excluding hydrogens is 244 g/mol. The second-order valence-corrected chi connectivity index (χ2v) is 4.61. The number of hydrogen-bond acceptors (Lipinski definition) is 4. The average molecular weight is 264 g/mol. The van der Waals surface area contributed by atoms with Crippen LogP contribution in [0.2, 0.25) is 0 Å². The molecule has 19 heavy (non-hydrogen) atoms. The van der Waals surface area contributed by atoms with E-state index in [9.17, 15) is 4.79 Å². The van der Waals surface area contributed by atoms with Crippen molar-refractivity contribution < 1.29 is 14.3 Å². The van der Waals surface area contributed by atoms with Gasteiger partial charge in [0.15, 0.2) is 0 Å². The summed E-state index contributed by atoms with van der Waals surface area (Å²) in [5.74, 6) is 1.13. The third-order valence-electron chi connectivity index (χ3n) is 2.91. The van der Waals surface area contributed by atoms with Gasteiger partial charge in [0.05, 0.1) is 6.61 Å². The minimum absolute atomic E-state index is 0.250. The molecule has 5 nitrogen and oxygen atoms in total. The van der Waals surface area contributed by atoms with Crippen molar-refractivity contribution in [3.05, 3.63) is 24.3 Å². The van der Waals surface area contributed by atoms with Gasteiger partial charge in [-0.15, -0.1) is 0 Å². The molecule has 0 bridgehead atoms. The van der Waals surface area contributed by atoms with E-state index in [1.165, 1.54) is 0 Å². The van der Waals surface area contributed by atoms with Crippen molar-refractivity contribution in [2.45, 2.75) is 31.8 Å². The Bertz CT molecular complexity index is 415. The topological polar surface area (TPSA) is 73.6 Å². The fourth-order valence-electron chi connectivity index (χ4n) is 1.73. The molecule has 0 saturated heterocycles. The van der Waals surface area contributed by atoms with Crippen LogP contribution in [0.1, 0.15) is 19.8 Å². The normalized spacial score (nSPS) is 15.8. The number of ether oxygens (including phenoxy) is 2. The summed E-state index contributed by atoms with van der Waals surface area (Å²) in [6.07, 6.45) is 2.21. The van der Waals surface area contributed by atoms with E-state index in [0.29, 0.717) is 18.4 Å². The third-order valence-corrected chi connectivity index (χ3v) is 2.91. The van der Waals surface area contributed by atoms with E-state index in [-0.39, 0.29) is 12.5 Å². The minimum Gasteiger partial charge on any atom is -0.494 e. The Balaban J connectivity index is 1.83. The van der Waals surface area contributed by atoms with E-state index in [0.717, 1.165) is 18.6 Å². The summed E-state index contributed by atoms with van der Waals surface area (Å²) >= 11 is 0. The minimum atomic E-state index is -0.431. The number of rotatable bonds is 8. The van der Waals surface area contributed by atoms with E-state index < -0.39 is 6.04 Å². The number of hydrogen-bond donors (Lipinski definition) is 2. The molecule has 1 aliphatic rings. The molecule has 1 unspecified atom stereocenters. The quantitative estimate of drug-likeness (QED) is 0.736. The van der Waals surface area contributed by atoms with Crippen molar-refractivity contribution >= 4 is 5.91 Å². The van der Waals surface area contributed by atoms with Crippen LogP contribution in [0.3, 0.4) is 0 Å². The van der Waals surface area contributed by atoms with E-state index in [1.807, 2.05) is 31.2 Å². The lowest BCUT2D eigenvalue weighted by Gasteiger charge is -2.16. The highest BCUT2D eigenvalue weighted by atomic mass is 16.5. The maximum atomic E-state index is 11.3. The number of benzene rings is 1. The smallest absolute Gasteiger partial charge is 0.238 e. The lowest BCUT2D eigenvalue weighted by molar-refractivity contribution is -0.120. The summed E-state index contributed by atoms with van der Waals surface area (Å²) in [5.41, 5.74) is 5.34. The second kappa shape index (κ2) is 6.43. The summed E-state index contributed by atoms with van der Waals surface area (Å²) in [5, 5.41) is 3.17. The largest absolute Gasteiger partial charge is 0.494 e. The van der Waals surface area contributed by atoms with Crippen molar-refractivity contribution in [2.24, 2.45) is 5.73 Å². The first kappa shape index (κ1) is 13.7. The molecule has 5 heteroatoms. The van der Waals surface area contributed by atoms with Gasteiger partial charge in [-0.2, -0.15) is 0 Å². The fraction of sp³-hybridized carbons (Fsp3) is 0.500. The predicted molar refractivity (Wildman–Crippen MR) is 72.2 cm³/mol. The molecule has 0 heterocycles. The molecule has 1 fully saturated rings. The Morgan fingerprint density at radius 3 is 2.37 bits per heavy atom. The highest BCUT2D eigenvalue weighted by Crippen LogP contribution is 2.20. The molecule has 1 aromatic carbocycles. The van der Waals surface area contributed by atoms with Crippen LogP contribution >= 0.6 is 0 Å². The molecule has 2 rings (SSSR count). The van der Waals surface area contributed by atoms with Crippen LogP contribution in [0.5, 0.6) is 11.5 Å². The molecule has 3 N–H and O–H groups in total. The standard InChI is InChI=1S/C14H20N2O3/c1-2-18-11-5-7-12(8-6-11)19-9-13(14(15)17)16-10-3-4-10/h5-8,10,13,16H,2-4,9H2,1H3,(H2,15,17). The summed E-state index contributed by atoms with van der Waals surface area (Å²) < 4.78 is 10.9. The van der Waals surface area contributed by atoms with Gasteiger partial charge in [-0.3, -0.25) is 4.79 Å². The Labute approximate surface area is 113 Å². The maximum Gasteiger partial charge on any atom is 0.238 e. The number of amides is 1. The van der Waals surface area contributed by atoms with Gasteiger partial charge in [-0.1, -0.05) is 0 Å². The van der Waals surface area contributed by atoms with E-state index in [4.69, 9.17) is 15.2 Å². The van der Waals surface area contributed by atoms with E-state index in [2.05, 4.69) is 5.32 Å². The van der Waals surface area contributed by atoms with Crippen molar-refractivity contribution in [1.29, 1.82) is 0 Å². The van der Waals surface area contributed by atoms with Crippen LogP contribution in [0, 0.1) is 0 Å². The first-order chi connectivity index (χ1) is 9.19. The average Bonchev–Trinajstić information content (AvgIpc) is 3.20. The summed E-state index contributed by atoms with van der Waals surface area (Å²) in [6, 6.07) is 7.31. The summed E-state index contributed by atoms with van der Waals surface area (Å²) in [4.78, 5) is 11.3. The molecule has 0 radical (unpaired) electrons. The molecule has 0 aromatic heterocycles. The Kier molecular flexibility index (Phi) is 4.63. The molecule has 1 atom stereocenters. The number of carbonyl (C=O) groups excluding carboxylic acids is 1. The van der Waals surface area contributed by atoms with Gasteiger partial charge in [0.1, 0.15) is 24.1 Å². The Morgan fingerprint density at radius 2 is 1.89 bits per heavy atom. The van der Waals surface area contributed by atoms with Crippen LogP contribution in [-0.2, 0) is 4.79 Å². The molecule has 1 amide bonds. The maximum absolute atomic E-state index is 11.3. The fourth-order valence-corrected chi connectivity index (χ4v) is 1.73. The zero-order chi connectivity index (χ0) is 13.7. The number of nitrogens with one attached hydrogen (secondary N) is 1.